The maximum atomic E-state index is 13.3. The van der Waals surface area contributed by atoms with E-state index in [1.165, 1.54) is 11.0 Å². The Balaban J connectivity index is 2.11. The van der Waals surface area contributed by atoms with Crippen molar-refractivity contribution in [3.05, 3.63) is 97.1 Å². The van der Waals surface area contributed by atoms with E-state index in [4.69, 9.17) is 9.47 Å². The number of aliphatic hydroxyl groups is 1. The molecule has 0 aliphatic heterocycles. The third kappa shape index (κ3) is 11.7. The Hall–Kier alpha value is -4.24. The van der Waals surface area contributed by atoms with Gasteiger partial charge in [-0.15, -0.1) is 13.2 Å². The van der Waals surface area contributed by atoms with E-state index in [2.05, 4.69) is 18.5 Å². The summed E-state index contributed by atoms with van der Waals surface area (Å²) in [6.07, 6.45) is 3.58. The number of carbonyl (C=O) groups is 4. The second-order valence-corrected chi connectivity index (χ2v) is 9.11. The fourth-order valence-electron chi connectivity index (χ4n) is 3.80. The first-order valence-corrected chi connectivity index (χ1v) is 13.2. The summed E-state index contributed by atoms with van der Waals surface area (Å²) in [7, 11) is 0. The SMILES string of the molecule is C=CCCC(=O)OC[C@@H](NC(=O)[C@H](CC=C)CC(=O)N(CCO)Cc1ccccc1)C(=O)OCc1ccccc1. The van der Waals surface area contributed by atoms with Gasteiger partial charge in [-0.2, -0.15) is 0 Å². The molecule has 0 bridgehead atoms. The Labute approximate surface area is 235 Å². The number of amides is 2. The second-order valence-electron chi connectivity index (χ2n) is 9.11. The van der Waals surface area contributed by atoms with Crippen LogP contribution < -0.4 is 5.32 Å². The third-order valence-electron chi connectivity index (χ3n) is 5.97. The summed E-state index contributed by atoms with van der Waals surface area (Å²) < 4.78 is 10.6. The van der Waals surface area contributed by atoms with E-state index in [0.717, 1.165) is 11.1 Å². The zero-order valence-electron chi connectivity index (χ0n) is 22.7. The van der Waals surface area contributed by atoms with Crippen LogP contribution in [-0.2, 0) is 41.8 Å². The Bertz CT molecular complexity index is 1110. The molecule has 0 heterocycles. The van der Waals surface area contributed by atoms with Crippen LogP contribution in [0.5, 0.6) is 0 Å². The summed E-state index contributed by atoms with van der Waals surface area (Å²) in [6, 6.07) is 17.1. The molecule has 0 fully saturated rings. The summed E-state index contributed by atoms with van der Waals surface area (Å²) in [6.45, 7) is 6.95. The van der Waals surface area contributed by atoms with Gasteiger partial charge < -0.3 is 24.8 Å². The number of hydrogen-bond donors (Lipinski definition) is 2. The molecule has 0 spiro atoms. The lowest BCUT2D eigenvalue weighted by atomic mass is 9.98. The molecule has 0 unspecified atom stereocenters. The van der Waals surface area contributed by atoms with E-state index in [1.54, 1.807) is 30.3 Å². The van der Waals surface area contributed by atoms with Crippen LogP contribution in [0, 0.1) is 5.92 Å². The van der Waals surface area contributed by atoms with Gasteiger partial charge in [0, 0.05) is 25.9 Å². The first-order valence-electron chi connectivity index (χ1n) is 13.2. The fourth-order valence-corrected chi connectivity index (χ4v) is 3.80. The van der Waals surface area contributed by atoms with Crippen LogP contribution in [0.1, 0.15) is 36.8 Å². The number of nitrogens with zero attached hydrogens (tertiary/aromatic N) is 1. The van der Waals surface area contributed by atoms with Crippen molar-refractivity contribution in [2.24, 2.45) is 5.92 Å². The van der Waals surface area contributed by atoms with Crippen LogP contribution in [0.15, 0.2) is 86.0 Å². The number of rotatable bonds is 18. The predicted molar refractivity (Wildman–Crippen MR) is 150 cm³/mol. The molecular formula is C31H38N2O7. The molecule has 0 aliphatic rings. The highest BCUT2D eigenvalue weighted by Crippen LogP contribution is 2.15. The van der Waals surface area contributed by atoms with Crippen molar-refractivity contribution in [1.82, 2.24) is 10.2 Å². The number of aliphatic hydroxyl groups excluding tert-OH is 1. The number of nitrogens with one attached hydrogen (secondary N) is 1. The predicted octanol–water partition coefficient (Wildman–Crippen LogP) is 3.33. The standard InChI is InChI=1S/C31H38N2O7/c1-3-5-17-29(36)39-23-27(31(38)40-22-25-15-10-7-11-16-25)32-30(37)26(12-4-2)20-28(35)33(18-19-34)21-24-13-8-6-9-14-24/h3-4,6-11,13-16,26-27,34H,1-2,5,12,17-23H2,(H,32,37)/t26-,27-/m1/s1. The molecule has 0 aliphatic carbocycles. The van der Waals surface area contributed by atoms with Crippen LogP contribution in [0.25, 0.3) is 0 Å². The molecule has 0 saturated heterocycles. The van der Waals surface area contributed by atoms with Crippen molar-refractivity contribution in [2.75, 3.05) is 19.8 Å². The third-order valence-corrected chi connectivity index (χ3v) is 5.97. The molecule has 2 aromatic rings. The average Bonchev–Trinajstić information content (AvgIpc) is 2.97. The summed E-state index contributed by atoms with van der Waals surface area (Å²) in [5.41, 5.74) is 1.63. The summed E-state index contributed by atoms with van der Waals surface area (Å²) >= 11 is 0. The molecule has 2 atom stereocenters. The number of benzene rings is 2. The van der Waals surface area contributed by atoms with Gasteiger partial charge in [0.15, 0.2) is 6.04 Å². The molecule has 214 valence electrons. The number of hydrogen-bond acceptors (Lipinski definition) is 7. The van der Waals surface area contributed by atoms with E-state index >= 15 is 0 Å². The van der Waals surface area contributed by atoms with Gasteiger partial charge in [0.2, 0.25) is 11.8 Å². The van der Waals surface area contributed by atoms with Gasteiger partial charge in [0.1, 0.15) is 13.2 Å². The normalized spacial score (nSPS) is 11.9. The molecular weight excluding hydrogens is 512 g/mol. The Morgan fingerprint density at radius 2 is 1.57 bits per heavy atom. The van der Waals surface area contributed by atoms with Gasteiger partial charge in [-0.3, -0.25) is 14.4 Å². The highest BCUT2D eigenvalue weighted by Gasteiger charge is 2.30. The van der Waals surface area contributed by atoms with E-state index in [-0.39, 0.29) is 51.5 Å². The van der Waals surface area contributed by atoms with Gasteiger partial charge in [0.25, 0.3) is 0 Å². The highest BCUT2D eigenvalue weighted by atomic mass is 16.6. The maximum absolute atomic E-state index is 13.3. The number of carbonyl (C=O) groups excluding carboxylic acids is 4. The van der Waals surface area contributed by atoms with E-state index < -0.39 is 36.4 Å². The lowest BCUT2D eigenvalue weighted by Crippen LogP contribution is -2.48. The molecule has 0 radical (unpaired) electrons. The van der Waals surface area contributed by atoms with Crippen molar-refractivity contribution < 1.29 is 33.8 Å². The summed E-state index contributed by atoms with van der Waals surface area (Å²) in [5.74, 6) is -3.08. The first kappa shape index (κ1) is 32.0. The number of ether oxygens (including phenoxy) is 2. The van der Waals surface area contributed by atoms with Crippen LogP contribution in [0.3, 0.4) is 0 Å². The molecule has 2 N–H and O–H groups in total. The van der Waals surface area contributed by atoms with Gasteiger partial charge in [-0.1, -0.05) is 72.8 Å². The fraction of sp³-hybridized carbons (Fsp3) is 0.355. The van der Waals surface area contributed by atoms with E-state index in [1.807, 2.05) is 36.4 Å². The van der Waals surface area contributed by atoms with Crippen LogP contribution in [-0.4, -0.2) is 59.6 Å². The van der Waals surface area contributed by atoms with Crippen molar-refractivity contribution in [1.29, 1.82) is 0 Å². The van der Waals surface area contributed by atoms with Crippen LogP contribution in [0.4, 0.5) is 0 Å². The molecule has 0 aromatic heterocycles. The lowest BCUT2D eigenvalue weighted by molar-refractivity contribution is -0.155. The van der Waals surface area contributed by atoms with Crippen LogP contribution >= 0.6 is 0 Å². The maximum Gasteiger partial charge on any atom is 0.332 e. The molecule has 2 aromatic carbocycles. The second kappa shape index (κ2) is 18.1. The van der Waals surface area contributed by atoms with Crippen molar-refractivity contribution in [3.63, 3.8) is 0 Å². The molecule has 9 heteroatoms. The molecule has 2 rings (SSSR count). The zero-order chi connectivity index (χ0) is 29.2. The molecule has 40 heavy (non-hydrogen) atoms. The molecule has 0 saturated carbocycles. The monoisotopic (exact) mass is 550 g/mol. The topological polar surface area (TPSA) is 122 Å². The summed E-state index contributed by atoms with van der Waals surface area (Å²) in [5, 5.41) is 12.1. The van der Waals surface area contributed by atoms with Gasteiger partial charge in [0.05, 0.1) is 12.5 Å². The summed E-state index contributed by atoms with van der Waals surface area (Å²) in [4.78, 5) is 52.9. The number of esters is 2. The minimum Gasteiger partial charge on any atom is -0.463 e. The minimum atomic E-state index is -1.27. The minimum absolute atomic E-state index is 0.0272. The van der Waals surface area contributed by atoms with E-state index in [9.17, 15) is 24.3 Å². The largest absolute Gasteiger partial charge is 0.463 e. The van der Waals surface area contributed by atoms with E-state index in [0.29, 0.717) is 6.42 Å². The van der Waals surface area contributed by atoms with Crippen molar-refractivity contribution in [2.45, 2.75) is 44.9 Å². The van der Waals surface area contributed by atoms with Gasteiger partial charge in [-0.25, -0.2) is 4.79 Å². The smallest absolute Gasteiger partial charge is 0.332 e. The Kier molecular flexibility index (Phi) is 14.5. The van der Waals surface area contributed by atoms with Crippen molar-refractivity contribution >= 4 is 23.8 Å². The first-order chi connectivity index (χ1) is 19.4. The van der Waals surface area contributed by atoms with Crippen molar-refractivity contribution in [3.8, 4) is 0 Å². The molecule has 9 nitrogen and oxygen atoms in total. The Morgan fingerprint density at radius 3 is 2.17 bits per heavy atom. The van der Waals surface area contributed by atoms with Gasteiger partial charge in [-0.05, 0) is 24.0 Å². The quantitative estimate of drug-likeness (QED) is 0.216. The zero-order valence-corrected chi connectivity index (χ0v) is 22.7. The average molecular weight is 551 g/mol. The Morgan fingerprint density at radius 1 is 0.925 bits per heavy atom. The van der Waals surface area contributed by atoms with Crippen LogP contribution in [0.2, 0.25) is 0 Å². The lowest BCUT2D eigenvalue weighted by Gasteiger charge is -2.25. The van der Waals surface area contributed by atoms with Gasteiger partial charge >= 0.3 is 11.9 Å². The highest BCUT2D eigenvalue weighted by molar-refractivity contribution is 5.89. The molecule has 2 amide bonds. The number of allylic oxidation sites excluding steroid dienone is 2.